The molecule has 2 heterocycles. The molecule has 1 atom stereocenters. The van der Waals surface area contributed by atoms with Gasteiger partial charge in [0.15, 0.2) is 5.78 Å². The third-order valence-corrected chi connectivity index (χ3v) is 5.86. The average Bonchev–Trinajstić information content (AvgIpc) is 3.27. The molecule has 9 heteroatoms. The Morgan fingerprint density at radius 3 is 2.50 bits per heavy atom. The number of hydrogen-bond acceptors (Lipinski definition) is 5. The number of imide groups is 1. The minimum absolute atomic E-state index is 0.00426. The second-order valence-electron chi connectivity index (χ2n) is 7.15. The Morgan fingerprint density at radius 2 is 1.92 bits per heavy atom. The molecular weight excluding hydrogens is 358 g/mol. The Kier molecular flexibility index (Phi) is 4.68. The molecule has 1 saturated carbocycles. The molecule has 1 saturated heterocycles. The van der Waals surface area contributed by atoms with Gasteiger partial charge in [0.2, 0.25) is 0 Å². The Balaban J connectivity index is 1.70. The predicted molar refractivity (Wildman–Crippen MR) is 94.9 cm³/mol. The summed E-state index contributed by atoms with van der Waals surface area (Å²) < 4.78 is 24.6. The van der Waals surface area contributed by atoms with Crippen LogP contribution in [0, 0.1) is 13.8 Å². The van der Waals surface area contributed by atoms with Crippen molar-refractivity contribution in [2.75, 3.05) is 18.6 Å². The van der Waals surface area contributed by atoms with E-state index in [9.17, 15) is 22.8 Å². The molecule has 1 aromatic heterocycles. The summed E-state index contributed by atoms with van der Waals surface area (Å²) in [6.07, 6.45) is 3.27. The summed E-state index contributed by atoms with van der Waals surface area (Å²) in [6, 6.07) is 0.686. The lowest BCUT2D eigenvalue weighted by molar-refractivity contribution is -0.127. The molecule has 8 nitrogen and oxygen atoms in total. The molecule has 1 N–H and O–H groups in total. The summed E-state index contributed by atoms with van der Waals surface area (Å²) in [5, 5.41) is 2.46. The Labute approximate surface area is 152 Å². The van der Waals surface area contributed by atoms with Crippen LogP contribution in [0.3, 0.4) is 0 Å². The van der Waals surface area contributed by atoms with Crippen molar-refractivity contribution in [1.82, 2.24) is 14.8 Å². The number of carbonyl (C=O) groups is 3. The Morgan fingerprint density at radius 1 is 1.27 bits per heavy atom. The van der Waals surface area contributed by atoms with Gasteiger partial charge in [-0.05, 0) is 39.2 Å². The topological polar surface area (TPSA) is 106 Å². The van der Waals surface area contributed by atoms with E-state index in [-0.39, 0.29) is 24.5 Å². The van der Waals surface area contributed by atoms with Gasteiger partial charge in [0, 0.05) is 29.2 Å². The van der Waals surface area contributed by atoms with Gasteiger partial charge in [0.05, 0.1) is 12.3 Å². The number of urea groups is 1. The summed E-state index contributed by atoms with van der Waals surface area (Å²) >= 11 is 0. The number of nitrogens with one attached hydrogen (secondary N) is 1. The predicted octanol–water partition coefficient (Wildman–Crippen LogP) is 0.978. The highest BCUT2D eigenvalue weighted by molar-refractivity contribution is 7.90. The molecule has 3 amide bonds. The van der Waals surface area contributed by atoms with E-state index in [0.717, 1.165) is 35.4 Å². The summed E-state index contributed by atoms with van der Waals surface area (Å²) in [6.45, 7) is 3.48. The van der Waals surface area contributed by atoms with Gasteiger partial charge in [-0.15, -0.1) is 0 Å². The van der Waals surface area contributed by atoms with Crippen molar-refractivity contribution in [3.63, 3.8) is 0 Å². The zero-order valence-electron chi connectivity index (χ0n) is 15.1. The molecule has 3 rings (SSSR count). The maximum absolute atomic E-state index is 12.7. The van der Waals surface area contributed by atoms with E-state index in [1.165, 1.54) is 0 Å². The first kappa shape index (κ1) is 18.6. The quantitative estimate of drug-likeness (QED) is 0.560. The second kappa shape index (κ2) is 6.53. The number of nitrogens with zero attached hydrogens (tertiary/aromatic N) is 2. The van der Waals surface area contributed by atoms with E-state index < -0.39 is 27.8 Å². The summed E-state index contributed by atoms with van der Waals surface area (Å²) in [7, 11) is -3.24. The largest absolute Gasteiger partial charge is 0.345 e. The number of carbonyl (C=O) groups excluding carboxylic acids is 3. The van der Waals surface area contributed by atoms with Crippen molar-refractivity contribution in [1.29, 1.82) is 0 Å². The lowest BCUT2D eigenvalue weighted by Gasteiger charge is -2.12. The van der Waals surface area contributed by atoms with Crippen LogP contribution in [0.5, 0.6) is 0 Å². The van der Waals surface area contributed by atoms with Crippen molar-refractivity contribution in [3.8, 4) is 0 Å². The standard InChI is InChI=1S/C17H23N3O5S/c1-10-8-13(11(2)20(10)12-4-5-12)15(21)9-19-16(22)14(18-17(19)23)6-7-26(3,24)25/h8,12,14H,4-7,9H2,1-3H3,(H,18,23)/t14-/m1/s1. The molecule has 0 aromatic carbocycles. The van der Waals surface area contributed by atoms with Gasteiger partial charge in [0.25, 0.3) is 5.91 Å². The zero-order valence-corrected chi connectivity index (χ0v) is 15.9. The van der Waals surface area contributed by atoms with Crippen LogP contribution in [0.1, 0.15) is 47.1 Å². The fourth-order valence-corrected chi connectivity index (χ4v) is 4.10. The molecule has 1 aromatic rings. The Hall–Kier alpha value is -2.16. The molecule has 1 aliphatic heterocycles. The highest BCUT2D eigenvalue weighted by atomic mass is 32.2. The summed E-state index contributed by atoms with van der Waals surface area (Å²) in [4.78, 5) is 37.9. The van der Waals surface area contributed by atoms with Gasteiger partial charge >= 0.3 is 6.03 Å². The van der Waals surface area contributed by atoms with Gasteiger partial charge in [-0.2, -0.15) is 0 Å². The van der Waals surface area contributed by atoms with Gasteiger partial charge in [-0.25, -0.2) is 13.2 Å². The molecule has 0 radical (unpaired) electrons. The number of rotatable bonds is 7. The van der Waals surface area contributed by atoms with E-state index in [0.29, 0.717) is 11.6 Å². The van der Waals surface area contributed by atoms with Gasteiger partial charge in [0.1, 0.15) is 15.9 Å². The smallest absolute Gasteiger partial charge is 0.325 e. The molecule has 142 valence electrons. The third-order valence-electron chi connectivity index (χ3n) is 4.88. The third kappa shape index (κ3) is 3.67. The molecular formula is C17H23N3O5S. The van der Waals surface area contributed by atoms with Crippen LogP contribution < -0.4 is 5.32 Å². The summed E-state index contributed by atoms with van der Waals surface area (Å²) in [5.41, 5.74) is 2.38. The van der Waals surface area contributed by atoms with Gasteiger partial charge in [-0.1, -0.05) is 0 Å². The highest BCUT2D eigenvalue weighted by Crippen LogP contribution is 2.38. The van der Waals surface area contributed by atoms with E-state index in [2.05, 4.69) is 9.88 Å². The van der Waals surface area contributed by atoms with Crippen LogP contribution in [-0.4, -0.2) is 60.2 Å². The first-order valence-electron chi connectivity index (χ1n) is 8.59. The average molecular weight is 381 g/mol. The van der Waals surface area contributed by atoms with Gasteiger partial charge < -0.3 is 9.88 Å². The lowest BCUT2D eigenvalue weighted by Crippen LogP contribution is -2.36. The minimum Gasteiger partial charge on any atom is -0.345 e. The SMILES string of the molecule is Cc1cc(C(=O)CN2C(=O)N[C@H](CCS(C)(=O)=O)C2=O)c(C)n1C1CC1. The fraction of sp³-hybridized carbons (Fsp3) is 0.588. The maximum Gasteiger partial charge on any atom is 0.325 e. The number of hydrogen-bond donors (Lipinski definition) is 1. The molecule has 2 fully saturated rings. The fourth-order valence-electron chi connectivity index (χ4n) is 3.44. The van der Waals surface area contributed by atoms with Crippen LogP contribution in [0.15, 0.2) is 6.07 Å². The monoisotopic (exact) mass is 381 g/mol. The van der Waals surface area contributed by atoms with Crippen molar-refractivity contribution < 1.29 is 22.8 Å². The number of Topliss-reactive ketones (excluding diaryl/α,β-unsaturated/α-hetero) is 1. The molecule has 2 aliphatic rings. The van der Waals surface area contributed by atoms with Crippen molar-refractivity contribution in [2.24, 2.45) is 0 Å². The molecule has 26 heavy (non-hydrogen) atoms. The maximum atomic E-state index is 12.7. The second-order valence-corrected chi connectivity index (χ2v) is 9.41. The van der Waals surface area contributed by atoms with Crippen molar-refractivity contribution >= 4 is 27.6 Å². The Bertz CT molecular complexity index is 882. The van der Waals surface area contributed by atoms with Crippen LogP contribution >= 0.6 is 0 Å². The van der Waals surface area contributed by atoms with E-state index in [1.807, 2.05) is 13.8 Å². The number of aromatic nitrogens is 1. The van der Waals surface area contributed by atoms with E-state index >= 15 is 0 Å². The van der Waals surface area contributed by atoms with Crippen LogP contribution in [-0.2, 0) is 14.6 Å². The van der Waals surface area contributed by atoms with E-state index in [4.69, 9.17) is 0 Å². The number of aryl methyl sites for hydroxylation is 1. The molecule has 1 aliphatic carbocycles. The molecule has 0 bridgehead atoms. The van der Waals surface area contributed by atoms with Crippen LogP contribution in [0.4, 0.5) is 4.79 Å². The highest BCUT2D eigenvalue weighted by Gasteiger charge is 2.39. The first-order chi connectivity index (χ1) is 12.1. The van der Waals surface area contributed by atoms with E-state index in [1.54, 1.807) is 6.07 Å². The lowest BCUT2D eigenvalue weighted by atomic mass is 10.1. The number of ketones is 1. The number of amides is 3. The zero-order chi connectivity index (χ0) is 19.2. The summed E-state index contributed by atoms with van der Waals surface area (Å²) in [5.74, 6) is -1.05. The van der Waals surface area contributed by atoms with Crippen LogP contribution in [0.25, 0.3) is 0 Å². The number of sulfone groups is 1. The minimum atomic E-state index is -3.24. The normalized spacial score (nSPS) is 20.6. The molecule has 0 spiro atoms. The van der Waals surface area contributed by atoms with Crippen molar-refractivity contribution in [3.05, 3.63) is 23.0 Å². The van der Waals surface area contributed by atoms with Gasteiger partial charge in [-0.3, -0.25) is 14.5 Å². The van der Waals surface area contributed by atoms with Crippen LogP contribution in [0.2, 0.25) is 0 Å². The molecule has 0 unspecified atom stereocenters. The van der Waals surface area contributed by atoms with Crippen molar-refractivity contribution in [2.45, 2.75) is 45.2 Å². The first-order valence-corrected chi connectivity index (χ1v) is 10.7.